The number of hydrogen-bond donors (Lipinski definition) is 1. The molecule has 2 rings (SSSR count). The molecule has 1 aliphatic carbocycles. The van der Waals surface area contributed by atoms with Crippen LogP contribution in [0, 0.1) is 0 Å². The number of nitrogens with one attached hydrogen (secondary N) is 1. The third-order valence-corrected chi connectivity index (χ3v) is 4.06. The van der Waals surface area contributed by atoms with Crippen molar-refractivity contribution in [1.29, 1.82) is 0 Å². The number of ether oxygens (including phenoxy) is 1. The van der Waals surface area contributed by atoms with Gasteiger partial charge in [-0.1, -0.05) is 13.0 Å². The number of fused-ring (bicyclic) bond motifs is 1. The van der Waals surface area contributed by atoms with E-state index in [9.17, 15) is 0 Å². The lowest BCUT2D eigenvalue weighted by Gasteiger charge is -2.38. The van der Waals surface area contributed by atoms with Crippen LogP contribution in [0.2, 0.25) is 0 Å². The van der Waals surface area contributed by atoms with Gasteiger partial charge in [-0.3, -0.25) is 0 Å². The Morgan fingerprint density at radius 3 is 2.79 bits per heavy atom. The van der Waals surface area contributed by atoms with Crippen molar-refractivity contribution in [2.75, 3.05) is 27.7 Å². The minimum absolute atomic E-state index is 0.435. The highest BCUT2D eigenvalue weighted by molar-refractivity contribution is 5.40. The van der Waals surface area contributed by atoms with Crippen LogP contribution in [0.1, 0.15) is 36.9 Å². The van der Waals surface area contributed by atoms with Crippen LogP contribution in [0.4, 0.5) is 0 Å². The maximum atomic E-state index is 5.34. The molecule has 3 nitrogen and oxygen atoms in total. The van der Waals surface area contributed by atoms with E-state index >= 15 is 0 Å². The maximum absolute atomic E-state index is 5.34. The van der Waals surface area contributed by atoms with E-state index in [1.54, 1.807) is 7.11 Å². The SMILES string of the molecule is CCCNC1c2ccc(OC)cc2CCC1N(C)C. The zero-order chi connectivity index (χ0) is 13.8. The largest absolute Gasteiger partial charge is 0.497 e. The Labute approximate surface area is 116 Å². The molecule has 0 amide bonds. The Balaban J connectivity index is 2.29. The highest BCUT2D eigenvalue weighted by Gasteiger charge is 2.30. The highest BCUT2D eigenvalue weighted by Crippen LogP contribution is 2.34. The Bertz CT molecular complexity index is 417. The van der Waals surface area contributed by atoms with Crippen molar-refractivity contribution in [3.05, 3.63) is 29.3 Å². The van der Waals surface area contributed by atoms with Gasteiger partial charge in [-0.25, -0.2) is 0 Å². The summed E-state index contributed by atoms with van der Waals surface area (Å²) in [5.74, 6) is 0.969. The van der Waals surface area contributed by atoms with Crippen LogP contribution >= 0.6 is 0 Å². The standard InChI is InChI=1S/C16H26N2O/c1-5-10-17-16-14-8-7-13(19-4)11-12(14)6-9-15(16)18(2)3/h7-8,11,15-17H,5-6,9-10H2,1-4H3. The van der Waals surface area contributed by atoms with Gasteiger partial charge in [-0.2, -0.15) is 0 Å². The normalized spacial score (nSPS) is 22.4. The summed E-state index contributed by atoms with van der Waals surface area (Å²) in [6.45, 7) is 3.29. The smallest absolute Gasteiger partial charge is 0.119 e. The van der Waals surface area contributed by atoms with Crippen molar-refractivity contribution in [3.8, 4) is 5.75 Å². The molecule has 2 unspecified atom stereocenters. The summed E-state index contributed by atoms with van der Waals surface area (Å²) < 4.78 is 5.34. The van der Waals surface area contributed by atoms with Crippen LogP contribution in [-0.2, 0) is 6.42 Å². The van der Waals surface area contributed by atoms with Gasteiger partial charge in [0.15, 0.2) is 0 Å². The average Bonchev–Trinajstić information content (AvgIpc) is 2.43. The number of likely N-dealkylation sites (N-methyl/N-ethyl adjacent to an activating group) is 1. The van der Waals surface area contributed by atoms with E-state index in [0.29, 0.717) is 12.1 Å². The van der Waals surface area contributed by atoms with Crippen LogP contribution in [0.5, 0.6) is 5.75 Å². The number of aryl methyl sites for hydroxylation is 1. The monoisotopic (exact) mass is 262 g/mol. The Morgan fingerprint density at radius 2 is 2.16 bits per heavy atom. The summed E-state index contributed by atoms with van der Waals surface area (Å²) in [5.41, 5.74) is 2.88. The molecule has 1 N–H and O–H groups in total. The second kappa shape index (κ2) is 6.40. The van der Waals surface area contributed by atoms with E-state index in [0.717, 1.165) is 18.7 Å². The lowest BCUT2D eigenvalue weighted by atomic mass is 9.83. The van der Waals surface area contributed by atoms with Crippen LogP contribution in [0.3, 0.4) is 0 Å². The first-order chi connectivity index (χ1) is 9.17. The fourth-order valence-corrected chi connectivity index (χ4v) is 3.01. The zero-order valence-electron chi connectivity index (χ0n) is 12.6. The van der Waals surface area contributed by atoms with E-state index in [2.05, 4.69) is 49.4 Å². The summed E-state index contributed by atoms with van der Waals surface area (Å²) in [4.78, 5) is 2.35. The molecule has 0 heterocycles. The van der Waals surface area contributed by atoms with E-state index in [4.69, 9.17) is 4.74 Å². The van der Waals surface area contributed by atoms with Crippen molar-refractivity contribution >= 4 is 0 Å². The van der Waals surface area contributed by atoms with Crippen molar-refractivity contribution in [1.82, 2.24) is 10.2 Å². The molecule has 0 saturated carbocycles. The lowest BCUT2D eigenvalue weighted by molar-refractivity contribution is 0.206. The Morgan fingerprint density at radius 1 is 1.37 bits per heavy atom. The molecule has 1 aromatic carbocycles. The van der Waals surface area contributed by atoms with Gasteiger partial charge in [0.05, 0.1) is 7.11 Å². The second-order valence-corrected chi connectivity index (χ2v) is 5.57. The molecule has 0 aromatic heterocycles. The molecule has 0 bridgehead atoms. The lowest BCUT2D eigenvalue weighted by Crippen LogP contribution is -2.44. The van der Waals surface area contributed by atoms with Crippen LogP contribution in [0.25, 0.3) is 0 Å². The van der Waals surface area contributed by atoms with Gasteiger partial charge in [0.1, 0.15) is 5.75 Å². The molecule has 0 fully saturated rings. The molecule has 0 aliphatic heterocycles. The van der Waals surface area contributed by atoms with Gasteiger partial charge in [-0.15, -0.1) is 0 Å². The molecule has 2 atom stereocenters. The summed E-state index contributed by atoms with van der Waals surface area (Å²) in [6.07, 6.45) is 3.51. The fourth-order valence-electron chi connectivity index (χ4n) is 3.01. The minimum Gasteiger partial charge on any atom is -0.497 e. The molecule has 1 aromatic rings. The van der Waals surface area contributed by atoms with Crippen LogP contribution in [0.15, 0.2) is 18.2 Å². The quantitative estimate of drug-likeness (QED) is 0.883. The molecule has 1 aliphatic rings. The third kappa shape index (κ3) is 3.10. The van der Waals surface area contributed by atoms with Gasteiger partial charge < -0.3 is 15.0 Å². The van der Waals surface area contributed by atoms with Crippen LogP contribution in [-0.4, -0.2) is 38.7 Å². The average molecular weight is 262 g/mol. The van der Waals surface area contributed by atoms with Crippen molar-refractivity contribution in [3.63, 3.8) is 0 Å². The van der Waals surface area contributed by atoms with Gasteiger partial charge in [0.25, 0.3) is 0 Å². The van der Waals surface area contributed by atoms with Gasteiger partial charge in [-0.05, 0) is 63.2 Å². The molecular weight excluding hydrogens is 236 g/mol. The third-order valence-electron chi connectivity index (χ3n) is 4.06. The first-order valence-electron chi connectivity index (χ1n) is 7.24. The predicted octanol–water partition coefficient (Wildman–Crippen LogP) is 2.61. The molecule has 0 spiro atoms. The summed E-state index contributed by atoms with van der Waals surface area (Å²) in [6, 6.07) is 7.52. The van der Waals surface area contributed by atoms with E-state index in [-0.39, 0.29) is 0 Å². The molecule has 19 heavy (non-hydrogen) atoms. The molecule has 0 saturated heterocycles. The zero-order valence-corrected chi connectivity index (χ0v) is 12.6. The van der Waals surface area contributed by atoms with Crippen LogP contribution < -0.4 is 10.1 Å². The first kappa shape index (κ1) is 14.4. The molecular formula is C16H26N2O. The van der Waals surface area contributed by atoms with Crippen molar-refractivity contribution in [2.24, 2.45) is 0 Å². The number of rotatable bonds is 5. The highest BCUT2D eigenvalue weighted by atomic mass is 16.5. The van der Waals surface area contributed by atoms with Gasteiger partial charge >= 0.3 is 0 Å². The summed E-state index contributed by atoms with van der Waals surface area (Å²) >= 11 is 0. The molecule has 0 radical (unpaired) electrons. The van der Waals surface area contributed by atoms with Gasteiger partial charge in [0, 0.05) is 12.1 Å². The molecule has 3 heteroatoms. The Kier molecular flexibility index (Phi) is 4.83. The fraction of sp³-hybridized carbons (Fsp3) is 0.625. The number of methoxy groups -OCH3 is 1. The van der Waals surface area contributed by atoms with E-state index < -0.39 is 0 Å². The maximum Gasteiger partial charge on any atom is 0.119 e. The van der Waals surface area contributed by atoms with Crippen molar-refractivity contribution < 1.29 is 4.74 Å². The molecule has 106 valence electrons. The topological polar surface area (TPSA) is 24.5 Å². The number of benzene rings is 1. The Hall–Kier alpha value is -1.06. The summed E-state index contributed by atoms with van der Waals surface area (Å²) in [5, 5.41) is 3.71. The number of nitrogens with zero attached hydrogens (tertiary/aromatic N) is 1. The van der Waals surface area contributed by atoms with Gasteiger partial charge in [0.2, 0.25) is 0 Å². The van der Waals surface area contributed by atoms with Crippen molar-refractivity contribution in [2.45, 2.75) is 38.3 Å². The first-order valence-corrected chi connectivity index (χ1v) is 7.24. The number of hydrogen-bond acceptors (Lipinski definition) is 3. The van der Waals surface area contributed by atoms with E-state index in [1.807, 2.05) is 0 Å². The second-order valence-electron chi connectivity index (χ2n) is 5.57. The predicted molar refractivity (Wildman–Crippen MR) is 79.8 cm³/mol. The van der Waals surface area contributed by atoms with E-state index in [1.165, 1.54) is 24.0 Å². The minimum atomic E-state index is 0.435. The summed E-state index contributed by atoms with van der Waals surface area (Å²) in [7, 11) is 6.10.